The van der Waals surface area contributed by atoms with Gasteiger partial charge in [0.2, 0.25) is 11.8 Å². The maximum atomic E-state index is 11.1. The van der Waals surface area contributed by atoms with E-state index in [9.17, 15) is 9.59 Å². The van der Waals surface area contributed by atoms with Crippen LogP contribution in [-0.2, 0) is 11.3 Å². The highest BCUT2D eigenvalue weighted by Gasteiger charge is 2.19. The Balaban J connectivity index is 1.86. The highest BCUT2D eigenvalue weighted by atomic mass is 16.2. The summed E-state index contributed by atoms with van der Waals surface area (Å²) < 4.78 is 0. The zero-order valence-corrected chi connectivity index (χ0v) is 11.0. The lowest BCUT2D eigenvalue weighted by atomic mass is 10.0. The number of amides is 2. The van der Waals surface area contributed by atoms with Crippen LogP contribution in [0.5, 0.6) is 0 Å². The van der Waals surface area contributed by atoms with Crippen molar-refractivity contribution in [3.05, 3.63) is 34.9 Å². The molecule has 0 aromatic heterocycles. The maximum Gasteiger partial charge on any atom is 0.248 e. The van der Waals surface area contributed by atoms with Gasteiger partial charge in [0, 0.05) is 31.1 Å². The maximum absolute atomic E-state index is 11.1. The number of nitrogens with one attached hydrogen (secondary N) is 2. The molecule has 4 N–H and O–H groups in total. The molecule has 0 spiro atoms. The minimum absolute atomic E-state index is 0.133. The summed E-state index contributed by atoms with van der Waals surface area (Å²) in [5.74, 6) is -0.273. The molecule has 0 aliphatic carbocycles. The van der Waals surface area contributed by atoms with Crippen LogP contribution in [0.25, 0.3) is 0 Å². The minimum atomic E-state index is -0.406. The van der Waals surface area contributed by atoms with Crippen molar-refractivity contribution >= 4 is 11.8 Å². The van der Waals surface area contributed by atoms with E-state index in [1.807, 2.05) is 13.0 Å². The van der Waals surface area contributed by atoms with Gasteiger partial charge in [-0.15, -0.1) is 0 Å². The minimum Gasteiger partial charge on any atom is -0.366 e. The number of aryl methyl sites for hydroxylation is 1. The third kappa shape index (κ3) is 3.54. The molecule has 0 radical (unpaired) electrons. The summed E-state index contributed by atoms with van der Waals surface area (Å²) in [7, 11) is 0. The van der Waals surface area contributed by atoms with E-state index in [4.69, 9.17) is 5.73 Å². The van der Waals surface area contributed by atoms with Crippen LogP contribution in [0.2, 0.25) is 0 Å². The number of carbonyl (C=O) groups is 2. The lowest BCUT2D eigenvalue weighted by Crippen LogP contribution is -2.35. The van der Waals surface area contributed by atoms with Crippen LogP contribution < -0.4 is 16.4 Å². The zero-order chi connectivity index (χ0) is 13.8. The van der Waals surface area contributed by atoms with Crippen LogP contribution in [0.4, 0.5) is 0 Å². The summed E-state index contributed by atoms with van der Waals surface area (Å²) in [5.41, 5.74) is 7.94. The van der Waals surface area contributed by atoms with Gasteiger partial charge < -0.3 is 16.4 Å². The number of primary amides is 1. The Morgan fingerprint density at radius 3 is 2.89 bits per heavy atom. The molecule has 102 valence electrons. The average molecular weight is 261 g/mol. The molecular weight excluding hydrogens is 242 g/mol. The van der Waals surface area contributed by atoms with Crippen molar-refractivity contribution in [2.45, 2.75) is 32.4 Å². The van der Waals surface area contributed by atoms with Gasteiger partial charge in [-0.1, -0.05) is 6.07 Å². The Bertz CT molecular complexity index is 499. The Kier molecular flexibility index (Phi) is 4.16. The van der Waals surface area contributed by atoms with Crippen molar-refractivity contribution in [3.63, 3.8) is 0 Å². The van der Waals surface area contributed by atoms with Crippen molar-refractivity contribution in [1.29, 1.82) is 0 Å². The van der Waals surface area contributed by atoms with E-state index in [1.165, 1.54) is 0 Å². The second-order valence-electron chi connectivity index (χ2n) is 4.94. The molecule has 5 nitrogen and oxygen atoms in total. The summed E-state index contributed by atoms with van der Waals surface area (Å²) in [6.45, 7) is 3.45. The van der Waals surface area contributed by atoms with Gasteiger partial charge >= 0.3 is 0 Å². The van der Waals surface area contributed by atoms with Gasteiger partial charge in [0.25, 0.3) is 0 Å². The first kappa shape index (κ1) is 13.5. The van der Waals surface area contributed by atoms with Gasteiger partial charge in [0.15, 0.2) is 0 Å². The predicted molar refractivity (Wildman–Crippen MR) is 72.6 cm³/mol. The largest absolute Gasteiger partial charge is 0.366 e. The smallest absolute Gasteiger partial charge is 0.248 e. The van der Waals surface area contributed by atoms with E-state index in [0.29, 0.717) is 12.0 Å². The molecule has 1 atom stereocenters. The van der Waals surface area contributed by atoms with Gasteiger partial charge in [-0.2, -0.15) is 0 Å². The Morgan fingerprint density at radius 2 is 2.32 bits per heavy atom. The van der Waals surface area contributed by atoms with E-state index >= 15 is 0 Å². The Hall–Kier alpha value is -1.88. The second kappa shape index (κ2) is 5.84. The van der Waals surface area contributed by atoms with E-state index < -0.39 is 5.91 Å². The third-order valence-electron chi connectivity index (χ3n) is 3.42. The lowest BCUT2D eigenvalue weighted by Gasteiger charge is -2.13. The van der Waals surface area contributed by atoms with Gasteiger partial charge in [-0.3, -0.25) is 9.59 Å². The average Bonchev–Trinajstić information content (AvgIpc) is 2.77. The monoisotopic (exact) mass is 261 g/mol. The number of rotatable bonds is 5. The SMILES string of the molecule is Cc1cc(C(N)=O)ccc1CNCC1CCC(=O)N1. The first-order valence-electron chi connectivity index (χ1n) is 6.45. The first-order valence-corrected chi connectivity index (χ1v) is 6.45. The van der Waals surface area contributed by atoms with E-state index in [1.54, 1.807) is 12.1 Å². The summed E-state index contributed by atoms with van der Waals surface area (Å²) in [6, 6.07) is 5.69. The van der Waals surface area contributed by atoms with E-state index in [2.05, 4.69) is 10.6 Å². The molecule has 2 amide bonds. The summed E-state index contributed by atoms with van der Waals surface area (Å²) in [6.07, 6.45) is 1.52. The quantitative estimate of drug-likeness (QED) is 0.720. The number of hydrogen-bond acceptors (Lipinski definition) is 3. The fourth-order valence-electron chi connectivity index (χ4n) is 2.26. The van der Waals surface area contributed by atoms with Gasteiger partial charge in [-0.05, 0) is 36.6 Å². The predicted octanol–water partition coefficient (Wildman–Crippen LogP) is 0.462. The van der Waals surface area contributed by atoms with Crippen molar-refractivity contribution < 1.29 is 9.59 Å². The molecule has 0 saturated carbocycles. The molecule has 1 heterocycles. The van der Waals surface area contributed by atoms with Gasteiger partial charge in [0.1, 0.15) is 0 Å². The molecule has 5 heteroatoms. The zero-order valence-electron chi connectivity index (χ0n) is 11.0. The molecular formula is C14H19N3O2. The fourth-order valence-corrected chi connectivity index (χ4v) is 2.26. The van der Waals surface area contributed by atoms with Crippen LogP contribution in [0.1, 0.15) is 34.3 Å². The summed E-state index contributed by atoms with van der Waals surface area (Å²) in [5, 5.41) is 6.24. The van der Waals surface area contributed by atoms with Crippen molar-refractivity contribution in [2.24, 2.45) is 5.73 Å². The Morgan fingerprint density at radius 1 is 1.53 bits per heavy atom. The normalized spacial score (nSPS) is 18.4. The topological polar surface area (TPSA) is 84.2 Å². The van der Waals surface area contributed by atoms with Crippen molar-refractivity contribution in [3.8, 4) is 0 Å². The number of hydrogen-bond donors (Lipinski definition) is 3. The van der Waals surface area contributed by atoms with Crippen molar-refractivity contribution in [2.75, 3.05) is 6.54 Å². The van der Waals surface area contributed by atoms with Crippen LogP contribution in [0.15, 0.2) is 18.2 Å². The second-order valence-corrected chi connectivity index (χ2v) is 4.94. The third-order valence-corrected chi connectivity index (χ3v) is 3.42. The van der Waals surface area contributed by atoms with Crippen LogP contribution in [0, 0.1) is 6.92 Å². The van der Waals surface area contributed by atoms with Gasteiger partial charge in [0.05, 0.1) is 0 Å². The fraction of sp³-hybridized carbons (Fsp3) is 0.429. The number of nitrogens with two attached hydrogens (primary N) is 1. The molecule has 1 aromatic rings. The molecule has 1 aliphatic rings. The molecule has 1 fully saturated rings. The standard InChI is InChI=1S/C14H19N3O2/c1-9-6-10(14(15)19)2-3-11(9)7-16-8-12-4-5-13(18)17-12/h2-3,6,12,16H,4-5,7-8H2,1H3,(H2,15,19)(H,17,18). The Labute approximate surface area is 112 Å². The molecule has 1 aromatic carbocycles. The highest BCUT2D eigenvalue weighted by molar-refractivity contribution is 5.93. The van der Waals surface area contributed by atoms with E-state index in [-0.39, 0.29) is 11.9 Å². The molecule has 19 heavy (non-hydrogen) atoms. The highest BCUT2D eigenvalue weighted by Crippen LogP contribution is 2.11. The van der Waals surface area contributed by atoms with Crippen LogP contribution in [-0.4, -0.2) is 24.4 Å². The number of benzene rings is 1. The summed E-state index contributed by atoms with van der Waals surface area (Å²) in [4.78, 5) is 22.1. The summed E-state index contributed by atoms with van der Waals surface area (Å²) >= 11 is 0. The van der Waals surface area contributed by atoms with Crippen molar-refractivity contribution in [1.82, 2.24) is 10.6 Å². The molecule has 0 bridgehead atoms. The van der Waals surface area contributed by atoms with Crippen LogP contribution in [0.3, 0.4) is 0 Å². The van der Waals surface area contributed by atoms with E-state index in [0.717, 1.165) is 30.6 Å². The van der Waals surface area contributed by atoms with Crippen LogP contribution >= 0.6 is 0 Å². The molecule has 2 rings (SSSR count). The number of carbonyl (C=O) groups excluding carboxylic acids is 2. The molecule has 1 unspecified atom stereocenters. The molecule has 1 aliphatic heterocycles. The first-order chi connectivity index (χ1) is 9.06. The lowest BCUT2D eigenvalue weighted by molar-refractivity contribution is -0.119. The van der Waals surface area contributed by atoms with Gasteiger partial charge in [-0.25, -0.2) is 0 Å². The molecule has 1 saturated heterocycles.